The maximum absolute atomic E-state index is 12.2. The Morgan fingerprint density at radius 3 is 2.75 bits per heavy atom. The van der Waals surface area contributed by atoms with Crippen molar-refractivity contribution in [1.82, 2.24) is 15.3 Å². The van der Waals surface area contributed by atoms with Gasteiger partial charge in [0, 0.05) is 24.5 Å². The fourth-order valence-corrected chi connectivity index (χ4v) is 1.80. The first-order chi connectivity index (χ1) is 9.72. The minimum atomic E-state index is -0.121. The lowest BCUT2D eigenvalue weighted by molar-refractivity contribution is 0.0950. The Morgan fingerprint density at radius 1 is 1.25 bits per heavy atom. The Labute approximate surface area is 118 Å². The van der Waals surface area contributed by atoms with Gasteiger partial charge in [-0.1, -0.05) is 13.0 Å². The molecular weight excluding hydrogens is 252 g/mol. The third kappa shape index (κ3) is 3.54. The molecule has 0 saturated carbocycles. The summed E-state index contributed by atoms with van der Waals surface area (Å²) >= 11 is 0. The summed E-state index contributed by atoms with van der Waals surface area (Å²) < 4.78 is 0. The van der Waals surface area contributed by atoms with Gasteiger partial charge < -0.3 is 10.6 Å². The molecule has 2 aromatic rings. The highest BCUT2D eigenvalue weighted by atomic mass is 16.1. The summed E-state index contributed by atoms with van der Waals surface area (Å²) in [7, 11) is 1.79. The summed E-state index contributed by atoms with van der Waals surface area (Å²) in [6.45, 7) is 2.43. The van der Waals surface area contributed by atoms with Crippen molar-refractivity contribution in [2.45, 2.75) is 19.9 Å². The zero-order valence-corrected chi connectivity index (χ0v) is 11.7. The molecular formula is C15H18N4O. The molecule has 0 unspecified atom stereocenters. The van der Waals surface area contributed by atoms with E-state index >= 15 is 0 Å². The predicted molar refractivity (Wildman–Crippen MR) is 78.6 cm³/mol. The number of pyridine rings is 2. The SMILES string of the molecule is CCc1cc(C(=O)NCc2ccccn2)cc(NC)n1. The van der Waals surface area contributed by atoms with Crippen molar-refractivity contribution in [3.63, 3.8) is 0 Å². The topological polar surface area (TPSA) is 66.9 Å². The lowest BCUT2D eigenvalue weighted by Gasteiger charge is -2.08. The van der Waals surface area contributed by atoms with Crippen molar-refractivity contribution < 1.29 is 4.79 Å². The van der Waals surface area contributed by atoms with Gasteiger partial charge in [0.25, 0.3) is 5.91 Å². The molecule has 5 nitrogen and oxygen atoms in total. The summed E-state index contributed by atoms with van der Waals surface area (Å²) in [4.78, 5) is 20.7. The average Bonchev–Trinajstić information content (AvgIpc) is 2.52. The van der Waals surface area contributed by atoms with Crippen LogP contribution in [0.5, 0.6) is 0 Å². The quantitative estimate of drug-likeness (QED) is 0.872. The van der Waals surface area contributed by atoms with Gasteiger partial charge in [0.05, 0.1) is 12.2 Å². The highest BCUT2D eigenvalue weighted by Crippen LogP contribution is 2.11. The number of aromatic nitrogens is 2. The van der Waals surface area contributed by atoms with Crippen LogP contribution < -0.4 is 10.6 Å². The largest absolute Gasteiger partial charge is 0.373 e. The van der Waals surface area contributed by atoms with Crippen LogP contribution in [0.25, 0.3) is 0 Å². The van der Waals surface area contributed by atoms with Crippen molar-refractivity contribution in [3.8, 4) is 0 Å². The highest BCUT2D eigenvalue weighted by molar-refractivity contribution is 5.94. The number of nitrogens with one attached hydrogen (secondary N) is 2. The molecule has 104 valence electrons. The zero-order valence-electron chi connectivity index (χ0n) is 11.7. The van der Waals surface area contributed by atoms with E-state index in [-0.39, 0.29) is 5.91 Å². The minimum absolute atomic E-state index is 0.121. The Hall–Kier alpha value is -2.43. The summed E-state index contributed by atoms with van der Waals surface area (Å²) in [5.74, 6) is 0.580. The van der Waals surface area contributed by atoms with Crippen LogP contribution in [0.15, 0.2) is 36.5 Å². The molecule has 0 radical (unpaired) electrons. The number of carbonyl (C=O) groups excluding carboxylic acids is 1. The number of aryl methyl sites for hydroxylation is 1. The Balaban J connectivity index is 2.08. The molecule has 0 saturated heterocycles. The van der Waals surface area contributed by atoms with Crippen LogP contribution in [-0.2, 0) is 13.0 Å². The number of hydrogen-bond acceptors (Lipinski definition) is 4. The molecule has 0 spiro atoms. The van der Waals surface area contributed by atoms with Crippen LogP contribution in [0, 0.1) is 0 Å². The molecule has 0 aromatic carbocycles. The third-order valence-electron chi connectivity index (χ3n) is 2.92. The van der Waals surface area contributed by atoms with Gasteiger partial charge in [-0.3, -0.25) is 9.78 Å². The van der Waals surface area contributed by atoms with E-state index in [1.165, 1.54) is 0 Å². The van der Waals surface area contributed by atoms with Crippen LogP contribution in [0.2, 0.25) is 0 Å². The van der Waals surface area contributed by atoms with Crippen molar-refractivity contribution in [1.29, 1.82) is 0 Å². The first kappa shape index (κ1) is 14.0. The van der Waals surface area contributed by atoms with Crippen molar-refractivity contribution in [2.24, 2.45) is 0 Å². The highest BCUT2D eigenvalue weighted by Gasteiger charge is 2.09. The lowest BCUT2D eigenvalue weighted by atomic mass is 10.2. The smallest absolute Gasteiger partial charge is 0.251 e. The van der Waals surface area contributed by atoms with E-state index in [1.807, 2.05) is 31.2 Å². The second-order valence-corrected chi connectivity index (χ2v) is 4.34. The molecule has 5 heteroatoms. The van der Waals surface area contributed by atoms with Gasteiger partial charge >= 0.3 is 0 Å². The van der Waals surface area contributed by atoms with Crippen molar-refractivity contribution >= 4 is 11.7 Å². The first-order valence-electron chi connectivity index (χ1n) is 6.59. The summed E-state index contributed by atoms with van der Waals surface area (Å²) in [6.07, 6.45) is 2.50. The summed E-state index contributed by atoms with van der Waals surface area (Å²) in [5.41, 5.74) is 2.33. The van der Waals surface area contributed by atoms with E-state index in [9.17, 15) is 4.79 Å². The van der Waals surface area contributed by atoms with E-state index in [0.717, 1.165) is 17.8 Å². The normalized spacial score (nSPS) is 10.1. The fourth-order valence-electron chi connectivity index (χ4n) is 1.80. The number of nitrogens with zero attached hydrogens (tertiary/aromatic N) is 2. The number of rotatable bonds is 5. The van der Waals surface area contributed by atoms with E-state index in [1.54, 1.807) is 19.3 Å². The molecule has 2 heterocycles. The summed E-state index contributed by atoms with van der Waals surface area (Å²) in [5, 5.41) is 5.83. The second kappa shape index (κ2) is 6.65. The molecule has 20 heavy (non-hydrogen) atoms. The molecule has 2 aromatic heterocycles. The van der Waals surface area contributed by atoms with E-state index < -0.39 is 0 Å². The molecule has 0 aliphatic rings. The lowest BCUT2D eigenvalue weighted by Crippen LogP contribution is -2.23. The molecule has 2 rings (SSSR count). The second-order valence-electron chi connectivity index (χ2n) is 4.34. The Kier molecular flexibility index (Phi) is 4.65. The number of carbonyl (C=O) groups is 1. The zero-order chi connectivity index (χ0) is 14.4. The monoisotopic (exact) mass is 270 g/mol. The van der Waals surface area contributed by atoms with Crippen LogP contribution in [0.4, 0.5) is 5.82 Å². The Bertz CT molecular complexity index is 561. The van der Waals surface area contributed by atoms with Crippen LogP contribution >= 0.6 is 0 Å². The number of hydrogen-bond donors (Lipinski definition) is 2. The molecule has 0 aliphatic heterocycles. The first-order valence-corrected chi connectivity index (χ1v) is 6.59. The maximum atomic E-state index is 12.2. The van der Waals surface area contributed by atoms with Gasteiger partial charge in [0.15, 0.2) is 0 Å². The average molecular weight is 270 g/mol. The van der Waals surface area contributed by atoms with Gasteiger partial charge in [0.1, 0.15) is 5.82 Å². The minimum Gasteiger partial charge on any atom is -0.373 e. The maximum Gasteiger partial charge on any atom is 0.251 e. The van der Waals surface area contributed by atoms with E-state index in [4.69, 9.17) is 0 Å². The van der Waals surface area contributed by atoms with Gasteiger partial charge in [-0.2, -0.15) is 0 Å². The van der Waals surface area contributed by atoms with Crippen molar-refractivity contribution in [2.75, 3.05) is 12.4 Å². The van der Waals surface area contributed by atoms with Gasteiger partial charge in [0.2, 0.25) is 0 Å². The molecule has 0 bridgehead atoms. The molecule has 0 atom stereocenters. The summed E-state index contributed by atoms with van der Waals surface area (Å²) in [6, 6.07) is 9.18. The standard InChI is InChI=1S/C15H18N4O/c1-3-12-8-11(9-14(16-2)19-12)15(20)18-10-13-6-4-5-7-17-13/h4-9H,3,10H2,1-2H3,(H,16,19)(H,18,20). The molecule has 2 N–H and O–H groups in total. The van der Waals surface area contributed by atoms with Gasteiger partial charge in [-0.25, -0.2) is 4.98 Å². The van der Waals surface area contributed by atoms with Crippen LogP contribution in [-0.4, -0.2) is 22.9 Å². The molecule has 1 amide bonds. The predicted octanol–water partition coefficient (Wildman–Crippen LogP) is 2.01. The van der Waals surface area contributed by atoms with Crippen LogP contribution in [0.3, 0.4) is 0 Å². The fraction of sp³-hybridized carbons (Fsp3) is 0.267. The van der Waals surface area contributed by atoms with Gasteiger partial charge in [-0.15, -0.1) is 0 Å². The van der Waals surface area contributed by atoms with Crippen molar-refractivity contribution in [3.05, 3.63) is 53.5 Å². The Morgan fingerprint density at radius 2 is 2.10 bits per heavy atom. The third-order valence-corrected chi connectivity index (χ3v) is 2.92. The van der Waals surface area contributed by atoms with E-state index in [2.05, 4.69) is 20.6 Å². The number of amides is 1. The van der Waals surface area contributed by atoms with Crippen LogP contribution in [0.1, 0.15) is 28.7 Å². The van der Waals surface area contributed by atoms with E-state index in [0.29, 0.717) is 17.9 Å². The number of anilines is 1. The van der Waals surface area contributed by atoms with Gasteiger partial charge in [-0.05, 0) is 30.7 Å². The molecule has 0 aliphatic carbocycles. The molecule has 0 fully saturated rings.